The molecule has 0 fully saturated rings. The maximum Gasteiger partial charge on any atom is 0.306 e. The molecule has 0 unspecified atom stereocenters. The number of unbranched alkanes of at least 4 members (excludes halogenated alkanes) is 15. The van der Waals surface area contributed by atoms with Gasteiger partial charge in [0.1, 0.15) is 6.10 Å². The number of ether oxygens (including phenoxy) is 2. The molecule has 0 aromatic rings. The Kier molecular flexibility index (Phi) is 34.5. The molecule has 0 N–H and O–H groups in total. The zero-order valence-corrected chi connectivity index (χ0v) is 29.8. The van der Waals surface area contributed by atoms with Crippen LogP contribution in [0.3, 0.4) is 0 Å². The number of nitrogens with zero attached hydrogens (tertiary/aromatic N) is 1. The first-order valence-electron chi connectivity index (χ1n) is 18.6. The minimum Gasteiger partial charge on any atom is -0.460 e. The summed E-state index contributed by atoms with van der Waals surface area (Å²) in [5, 5.41) is 0. The summed E-state index contributed by atoms with van der Waals surface area (Å²) < 4.78 is 11.8. The van der Waals surface area contributed by atoms with Crippen molar-refractivity contribution in [2.75, 3.05) is 33.9 Å². The van der Waals surface area contributed by atoms with Gasteiger partial charge in [0, 0.05) is 19.6 Å². The average Bonchev–Trinajstić information content (AvgIpc) is 3.01. The van der Waals surface area contributed by atoms with Crippen LogP contribution >= 0.6 is 0 Å². The van der Waals surface area contributed by atoms with E-state index in [0.29, 0.717) is 13.0 Å². The molecule has 44 heavy (non-hydrogen) atoms. The van der Waals surface area contributed by atoms with Crippen LogP contribution in [0.2, 0.25) is 0 Å². The normalized spacial score (nSPS) is 13.0. The van der Waals surface area contributed by atoms with Crippen LogP contribution in [0.4, 0.5) is 0 Å². The van der Waals surface area contributed by atoms with Gasteiger partial charge in [-0.2, -0.15) is 0 Å². The van der Waals surface area contributed by atoms with E-state index in [0.717, 1.165) is 58.1 Å². The molecule has 4 heteroatoms. The lowest BCUT2D eigenvalue weighted by Gasteiger charge is -2.20. The predicted octanol–water partition coefficient (Wildman–Crippen LogP) is 11.7. The second-order valence-corrected chi connectivity index (χ2v) is 12.6. The van der Waals surface area contributed by atoms with E-state index in [2.05, 4.69) is 81.5 Å². The molecule has 0 saturated carbocycles. The van der Waals surface area contributed by atoms with Crippen LogP contribution < -0.4 is 0 Å². The maximum absolute atomic E-state index is 12.5. The van der Waals surface area contributed by atoms with Crippen molar-refractivity contribution in [3.8, 4) is 0 Å². The third kappa shape index (κ3) is 34.8. The molecule has 0 spiro atoms. The minimum atomic E-state index is -0.152. The Morgan fingerprint density at radius 1 is 0.568 bits per heavy atom. The standard InChI is InChI=1S/C40H73NO3/c1-5-7-9-11-13-15-17-19-21-22-24-26-28-30-32-34-40(42)44-39(35-36-41(3)4)38-43-37-33-31-29-27-25-23-20-18-16-14-12-10-8-6-2/h10,12-13,15,23-26,39H,5-9,11,14,16-22,27-38H2,1-4H3/b12-10-,15-13-,25-23-,26-24-/t39-/m0/s1. The smallest absolute Gasteiger partial charge is 0.306 e. The van der Waals surface area contributed by atoms with Crippen molar-refractivity contribution in [2.45, 2.75) is 168 Å². The lowest BCUT2D eigenvalue weighted by Crippen LogP contribution is -2.28. The molecular formula is C40H73NO3. The Hall–Kier alpha value is -1.65. The summed E-state index contributed by atoms with van der Waals surface area (Å²) >= 11 is 0. The molecule has 0 saturated heterocycles. The molecule has 4 nitrogen and oxygen atoms in total. The number of carbonyl (C=O) groups is 1. The van der Waals surface area contributed by atoms with E-state index in [1.54, 1.807) is 0 Å². The van der Waals surface area contributed by atoms with Crippen molar-refractivity contribution in [3.05, 3.63) is 48.6 Å². The van der Waals surface area contributed by atoms with Gasteiger partial charge in [-0.15, -0.1) is 0 Å². The lowest BCUT2D eigenvalue weighted by molar-refractivity contribution is -0.152. The van der Waals surface area contributed by atoms with E-state index in [1.807, 2.05) is 0 Å². The first-order chi connectivity index (χ1) is 21.6. The zero-order chi connectivity index (χ0) is 32.2. The van der Waals surface area contributed by atoms with Crippen molar-refractivity contribution in [3.63, 3.8) is 0 Å². The zero-order valence-electron chi connectivity index (χ0n) is 29.8. The van der Waals surface area contributed by atoms with Crippen LogP contribution in [0.25, 0.3) is 0 Å². The van der Waals surface area contributed by atoms with E-state index in [1.165, 1.54) is 96.3 Å². The van der Waals surface area contributed by atoms with Gasteiger partial charge in [0.25, 0.3) is 0 Å². The molecule has 1 atom stereocenters. The van der Waals surface area contributed by atoms with Gasteiger partial charge in [-0.1, -0.05) is 88.1 Å². The molecule has 0 rings (SSSR count). The summed E-state index contributed by atoms with van der Waals surface area (Å²) in [5.41, 5.74) is 0. The minimum absolute atomic E-state index is 0.0798. The number of carbonyl (C=O) groups excluding carboxylic acids is 1. The van der Waals surface area contributed by atoms with E-state index in [9.17, 15) is 4.79 Å². The van der Waals surface area contributed by atoms with Crippen LogP contribution in [0.5, 0.6) is 0 Å². The van der Waals surface area contributed by atoms with Gasteiger partial charge >= 0.3 is 5.97 Å². The van der Waals surface area contributed by atoms with Crippen molar-refractivity contribution in [1.29, 1.82) is 0 Å². The van der Waals surface area contributed by atoms with Gasteiger partial charge < -0.3 is 14.4 Å². The van der Waals surface area contributed by atoms with Crippen molar-refractivity contribution in [2.24, 2.45) is 0 Å². The van der Waals surface area contributed by atoms with Crippen LogP contribution in [-0.2, 0) is 14.3 Å². The maximum atomic E-state index is 12.5. The molecule has 0 amide bonds. The first kappa shape index (κ1) is 42.3. The Morgan fingerprint density at radius 3 is 1.50 bits per heavy atom. The highest BCUT2D eigenvalue weighted by Crippen LogP contribution is 2.10. The molecule has 0 aliphatic heterocycles. The van der Waals surface area contributed by atoms with Gasteiger partial charge in [0.2, 0.25) is 0 Å². The number of rotatable bonds is 33. The summed E-state index contributed by atoms with van der Waals surface area (Å²) in [5.74, 6) is -0.0798. The highest BCUT2D eigenvalue weighted by Gasteiger charge is 2.15. The predicted molar refractivity (Wildman–Crippen MR) is 193 cm³/mol. The van der Waals surface area contributed by atoms with Crippen LogP contribution in [0.1, 0.15) is 162 Å². The molecule has 0 aromatic heterocycles. The highest BCUT2D eigenvalue weighted by atomic mass is 16.6. The van der Waals surface area contributed by atoms with E-state index in [-0.39, 0.29) is 12.1 Å². The summed E-state index contributed by atoms with van der Waals surface area (Å²) in [7, 11) is 4.11. The summed E-state index contributed by atoms with van der Waals surface area (Å²) in [6.07, 6.45) is 45.0. The topological polar surface area (TPSA) is 38.8 Å². The van der Waals surface area contributed by atoms with Crippen molar-refractivity contribution in [1.82, 2.24) is 4.90 Å². The van der Waals surface area contributed by atoms with Crippen molar-refractivity contribution >= 4 is 5.97 Å². The number of allylic oxidation sites excluding steroid dienone is 8. The number of esters is 1. The van der Waals surface area contributed by atoms with E-state index in [4.69, 9.17) is 9.47 Å². The monoisotopic (exact) mass is 616 g/mol. The molecule has 0 aromatic carbocycles. The van der Waals surface area contributed by atoms with Gasteiger partial charge in [-0.25, -0.2) is 0 Å². The molecule has 0 radical (unpaired) electrons. The Morgan fingerprint density at radius 2 is 1.02 bits per heavy atom. The van der Waals surface area contributed by atoms with Crippen LogP contribution in [0.15, 0.2) is 48.6 Å². The fourth-order valence-corrected chi connectivity index (χ4v) is 4.88. The SMILES string of the molecule is CCC/C=C\CCCC/C=C\CCCCCOC[C@H](CCN(C)C)OC(=O)CCCC/C=C\CCCC/C=C\CCCCC. The first-order valence-corrected chi connectivity index (χ1v) is 18.6. The third-order valence-electron chi connectivity index (χ3n) is 7.74. The summed E-state index contributed by atoms with van der Waals surface area (Å²) in [6.45, 7) is 6.62. The van der Waals surface area contributed by atoms with Crippen LogP contribution in [0, 0.1) is 0 Å². The Bertz CT molecular complexity index is 709. The summed E-state index contributed by atoms with van der Waals surface area (Å²) in [6, 6.07) is 0. The van der Waals surface area contributed by atoms with E-state index >= 15 is 0 Å². The Balaban J connectivity index is 3.84. The molecule has 0 aliphatic rings. The highest BCUT2D eigenvalue weighted by molar-refractivity contribution is 5.69. The fraction of sp³-hybridized carbons (Fsp3) is 0.775. The van der Waals surface area contributed by atoms with Gasteiger partial charge in [0.15, 0.2) is 0 Å². The van der Waals surface area contributed by atoms with Crippen molar-refractivity contribution < 1.29 is 14.3 Å². The molecule has 0 heterocycles. The largest absolute Gasteiger partial charge is 0.460 e. The molecule has 0 aliphatic carbocycles. The van der Waals surface area contributed by atoms with Crippen LogP contribution in [-0.4, -0.2) is 50.8 Å². The Labute approximate surface area is 274 Å². The third-order valence-corrected chi connectivity index (χ3v) is 7.74. The van der Waals surface area contributed by atoms with E-state index < -0.39 is 0 Å². The van der Waals surface area contributed by atoms with Gasteiger partial charge in [-0.05, 0) is 130 Å². The molecular weight excluding hydrogens is 542 g/mol. The summed E-state index contributed by atoms with van der Waals surface area (Å²) in [4.78, 5) is 14.6. The quantitative estimate of drug-likeness (QED) is 0.0418. The van der Waals surface area contributed by atoms with Gasteiger partial charge in [0.05, 0.1) is 6.61 Å². The number of hydrogen-bond acceptors (Lipinski definition) is 4. The number of hydrogen-bond donors (Lipinski definition) is 0. The molecule has 0 bridgehead atoms. The molecule has 256 valence electrons. The lowest BCUT2D eigenvalue weighted by atomic mass is 10.1. The second kappa shape index (κ2) is 35.8. The average molecular weight is 616 g/mol. The second-order valence-electron chi connectivity index (χ2n) is 12.6. The van der Waals surface area contributed by atoms with Gasteiger partial charge in [-0.3, -0.25) is 4.79 Å². The fourth-order valence-electron chi connectivity index (χ4n) is 4.88.